The van der Waals surface area contributed by atoms with E-state index in [2.05, 4.69) is 41.1 Å². The number of rotatable bonds is 8. The number of thioether (sulfide) groups is 1. The van der Waals surface area contributed by atoms with Crippen LogP contribution in [-0.2, 0) is 11.3 Å². The van der Waals surface area contributed by atoms with E-state index < -0.39 is 0 Å². The van der Waals surface area contributed by atoms with Crippen LogP contribution in [0.25, 0.3) is 32.4 Å². The molecule has 3 aromatic heterocycles. The Kier molecular flexibility index (Phi) is 6.29. The van der Waals surface area contributed by atoms with Crippen LogP contribution in [0.2, 0.25) is 0 Å². The third-order valence-electron chi connectivity index (χ3n) is 5.06. The highest BCUT2D eigenvalue weighted by molar-refractivity contribution is 7.99. The molecule has 0 spiro atoms. The summed E-state index contributed by atoms with van der Waals surface area (Å²) in [6.45, 7) is 6.39. The highest BCUT2D eigenvalue weighted by atomic mass is 32.2. The first-order chi connectivity index (χ1) is 16.6. The number of fused-ring (bicyclic) bond motifs is 1. The van der Waals surface area contributed by atoms with E-state index in [1.165, 1.54) is 22.0 Å². The number of aromatic nitrogens is 4. The number of amides is 1. The minimum atomic E-state index is -0.124. The predicted molar refractivity (Wildman–Crippen MR) is 137 cm³/mol. The van der Waals surface area contributed by atoms with E-state index in [9.17, 15) is 4.79 Å². The number of nitrogens with one attached hydrogen (secondary N) is 1. The first-order valence-corrected chi connectivity index (χ1v) is 12.4. The molecule has 34 heavy (non-hydrogen) atoms. The highest BCUT2D eigenvalue weighted by Gasteiger charge is 2.16. The fraction of sp³-hybridized carbons (Fsp3) is 0.120. The molecule has 170 valence electrons. The molecule has 0 fully saturated rings. The summed E-state index contributed by atoms with van der Waals surface area (Å²) in [4.78, 5) is 17.3. The Morgan fingerprint density at radius 1 is 1.21 bits per heavy atom. The Morgan fingerprint density at radius 3 is 2.82 bits per heavy atom. The zero-order valence-corrected chi connectivity index (χ0v) is 20.0. The van der Waals surface area contributed by atoms with Crippen LogP contribution < -0.4 is 5.32 Å². The average Bonchev–Trinajstić information content (AvgIpc) is 3.58. The van der Waals surface area contributed by atoms with Crippen molar-refractivity contribution in [3.63, 3.8) is 0 Å². The first-order valence-electron chi connectivity index (χ1n) is 10.6. The summed E-state index contributed by atoms with van der Waals surface area (Å²) in [5.74, 6) is 1.30. The summed E-state index contributed by atoms with van der Waals surface area (Å²) in [5, 5.41) is 13.0. The second kappa shape index (κ2) is 9.66. The third kappa shape index (κ3) is 4.66. The molecule has 0 bridgehead atoms. The van der Waals surface area contributed by atoms with Gasteiger partial charge in [-0.3, -0.25) is 9.36 Å². The van der Waals surface area contributed by atoms with E-state index in [-0.39, 0.29) is 11.7 Å². The maximum atomic E-state index is 12.6. The van der Waals surface area contributed by atoms with Gasteiger partial charge in [0.1, 0.15) is 5.01 Å². The Bertz CT molecular complexity index is 1450. The van der Waals surface area contributed by atoms with Crippen molar-refractivity contribution in [2.75, 3.05) is 11.1 Å². The molecule has 5 rings (SSSR count). The molecule has 0 atom stereocenters. The van der Waals surface area contributed by atoms with Crippen molar-refractivity contribution in [2.24, 2.45) is 0 Å². The van der Waals surface area contributed by atoms with Crippen LogP contribution in [-0.4, -0.2) is 31.4 Å². The van der Waals surface area contributed by atoms with E-state index in [1.54, 1.807) is 29.7 Å². The molecule has 9 heteroatoms. The molecule has 0 saturated heterocycles. The number of aryl methyl sites for hydroxylation is 1. The van der Waals surface area contributed by atoms with Gasteiger partial charge in [0, 0.05) is 17.8 Å². The minimum absolute atomic E-state index is 0.124. The fourth-order valence-corrected chi connectivity index (χ4v) is 5.27. The summed E-state index contributed by atoms with van der Waals surface area (Å²) in [7, 11) is 0. The van der Waals surface area contributed by atoms with Crippen LogP contribution in [0.5, 0.6) is 0 Å². The smallest absolute Gasteiger partial charge is 0.234 e. The maximum Gasteiger partial charge on any atom is 0.234 e. The van der Waals surface area contributed by atoms with Gasteiger partial charge in [-0.1, -0.05) is 23.9 Å². The molecule has 0 aliphatic rings. The summed E-state index contributed by atoms with van der Waals surface area (Å²) >= 11 is 2.98. The first kappa shape index (κ1) is 22.1. The van der Waals surface area contributed by atoms with Crippen molar-refractivity contribution in [1.82, 2.24) is 19.7 Å². The Balaban J connectivity index is 1.23. The second-order valence-electron chi connectivity index (χ2n) is 7.59. The number of allylic oxidation sites excluding steroid dienone is 1. The van der Waals surface area contributed by atoms with E-state index in [1.807, 2.05) is 41.0 Å². The Morgan fingerprint density at radius 2 is 2.06 bits per heavy atom. The van der Waals surface area contributed by atoms with Crippen molar-refractivity contribution in [1.29, 1.82) is 0 Å². The third-order valence-corrected chi connectivity index (χ3v) is 7.10. The van der Waals surface area contributed by atoms with Crippen LogP contribution >= 0.6 is 23.1 Å². The maximum absolute atomic E-state index is 12.6. The summed E-state index contributed by atoms with van der Waals surface area (Å²) < 4.78 is 8.48. The topological polar surface area (TPSA) is 85.8 Å². The molecule has 2 aromatic carbocycles. The fourth-order valence-electron chi connectivity index (χ4n) is 3.46. The zero-order chi connectivity index (χ0) is 23.5. The zero-order valence-electron chi connectivity index (χ0n) is 18.4. The molecule has 0 aliphatic heterocycles. The largest absolute Gasteiger partial charge is 0.461 e. The predicted octanol–water partition coefficient (Wildman–Crippen LogP) is 6.04. The SMILES string of the molecule is C=CCn1c(SCC(=O)Nc2ccc(-c3nc4ccc(C)cc4s3)cc2)nnc1-c1ccco1. The molecule has 7 nitrogen and oxygen atoms in total. The summed E-state index contributed by atoms with van der Waals surface area (Å²) in [6, 6.07) is 17.6. The second-order valence-corrected chi connectivity index (χ2v) is 9.56. The van der Waals surface area contributed by atoms with E-state index in [4.69, 9.17) is 9.40 Å². The molecule has 1 amide bonds. The van der Waals surface area contributed by atoms with Crippen molar-refractivity contribution in [3.8, 4) is 22.2 Å². The highest BCUT2D eigenvalue weighted by Crippen LogP contribution is 2.31. The summed E-state index contributed by atoms with van der Waals surface area (Å²) in [5.41, 5.74) is 3.97. The lowest BCUT2D eigenvalue weighted by molar-refractivity contribution is -0.113. The molecule has 5 aromatic rings. The number of hydrogen-bond donors (Lipinski definition) is 1. The van der Waals surface area contributed by atoms with Crippen LogP contribution in [0.15, 0.2) is 83.1 Å². The van der Waals surface area contributed by atoms with Crippen molar-refractivity contribution < 1.29 is 9.21 Å². The monoisotopic (exact) mass is 487 g/mol. The number of thiazole rings is 1. The van der Waals surface area contributed by atoms with Gasteiger partial charge in [0.15, 0.2) is 10.9 Å². The minimum Gasteiger partial charge on any atom is -0.461 e. The molecule has 0 aliphatic carbocycles. The number of carbonyl (C=O) groups excluding carboxylic acids is 1. The standard InChI is InChI=1S/C25H21N5O2S2/c1-3-12-30-23(20-5-4-13-32-20)28-29-25(30)33-15-22(31)26-18-9-7-17(8-10-18)24-27-19-11-6-16(2)14-21(19)34-24/h3-11,13-14H,1,12,15H2,2H3,(H,26,31). The average molecular weight is 488 g/mol. The summed E-state index contributed by atoms with van der Waals surface area (Å²) in [6.07, 6.45) is 3.35. The number of carbonyl (C=O) groups is 1. The molecule has 0 saturated carbocycles. The van der Waals surface area contributed by atoms with E-state index in [0.29, 0.717) is 23.3 Å². The number of hydrogen-bond acceptors (Lipinski definition) is 7. The van der Waals surface area contributed by atoms with Crippen molar-refractivity contribution in [2.45, 2.75) is 18.6 Å². The van der Waals surface area contributed by atoms with Gasteiger partial charge >= 0.3 is 0 Å². The van der Waals surface area contributed by atoms with Crippen LogP contribution in [0, 0.1) is 6.92 Å². The number of furan rings is 1. The van der Waals surface area contributed by atoms with Gasteiger partial charge in [0.05, 0.1) is 22.2 Å². The number of nitrogens with zero attached hydrogens (tertiary/aromatic N) is 4. The van der Waals surface area contributed by atoms with Gasteiger partial charge in [-0.25, -0.2) is 4.98 Å². The Labute approximate surface area is 204 Å². The number of benzene rings is 2. The lowest BCUT2D eigenvalue weighted by atomic mass is 10.2. The normalized spacial score (nSPS) is 11.1. The molecule has 0 unspecified atom stereocenters. The van der Waals surface area contributed by atoms with Crippen LogP contribution in [0.4, 0.5) is 5.69 Å². The lowest BCUT2D eigenvalue weighted by Crippen LogP contribution is -2.14. The van der Waals surface area contributed by atoms with E-state index in [0.717, 1.165) is 21.8 Å². The van der Waals surface area contributed by atoms with Crippen molar-refractivity contribution in [3.05, 3.63) is 79.1 Å². The van der Waals surface area contributed by atoms with Crippen LogP contribution in [0.1, 0.15) is 5.56 Å². The van der Waals surface area contributed by atoms with Crippen LogP contribution in [0.3, 0.4) is 0 Å². The molecular formula is C25H21N5O2S2. The Hall–Kier alpha value is -3.69. The van der Waals surface area contributed by atoms with Gasteiger partial charge < -0.3 is 9.73 Å². The van der Waals surface area contributed by atoms with Gasteiger partial charge in [-0.2, -0.15) is 0 Å². The number of anilines is 1. The molecule has 0 radical (unpaired) electrons. The quantitative estimate of drug-likeness (QED) is 0.212. The lowest BCUT2D eigenvalue weighted by Gasteiger charge is -2.07. The molecular weight excluding hydrogens is 466 g/mol. The van der Waals surface area contributed by atoms with Gasteiger partial charge in [0.25, 0.3) is 0 Å². The molecule has 1 N–H and O–H groups in total. The van der Waals surface area contributed by atoms with Gasteiger partial charge in [-0.15, -0.1) is 28.1 Å². The molecule has 3 heterocycles. The van der Waals surface area contributed by atoms with Gasteiger partial charge in [-0.05, 0) is 61.0 Å². The van der Waals surface area contributed by atoms with Gasteiger partial charge in [0.2, 0.25) is 11.7 Å². The van der Waals surface area contributed by atoms with E-state index >= 15 is 0 Å². The van der Waals surface area contributed by atoms with Crippen molar-refractivity contribution >= 4 is 44.9 Å².